The SMILES string of the molecule is CCn1nnc2cc(C(=O)O[C@@H](C)C(=O)c3ccc(Cl)cc3)ccc21. The van der Waals surface area contributed by atoms with E-state index in [1.54, 1.807) is 54.1 Å². The summed E-state index contributed by atoms with van der Waals surface area (Å²) in [6, 6.07) is 11.5. The van der Waals surface area contributed by atoms with Gasteiger partial charge in [0.15, 0.2) is 6.10 Å². The van der Waals surface area contributed by atoms with Crippen molar-refractivity contribution >= 4 is 34.4 Å². The summed E-state index contributed by atoms with van der Waals surface area (Å²) in [5, 5.41) is 8.56. The van der Waals surface area contributed by atoms with E-state index in [-0.39, 0.29) is 5.78 Å². The lowest BCUT2D eigenvalue weighted by Crippen LogP contribution is -2.24. The zero-order chi connectivity index (χ0) is 18.0. The molecule has 3 aromatic rings. The van der Waals surface area contributed by atoms with E-state index in [1.807, 2.05) is 6.92 Å². The van der Waals surface area contributed by atoms with Gasteiger partial charge in [-0.25, -0.2) is 9.48 Å². The van der Waals surface area contributed by atoms with Crippen molar-refractivity contribution in [2.45, 2.75) is 26.5 Å². The maximum Gasteiger partial charge on any atom is 0.338 e. The van der Waals surface area contributed by atoms with Crippen LogP contribution in [0, 0.1) is 0 Å². The average molecular weight is 358 g/mol. The monoisotopic (exact) mass is 357 g/mol. The fourth-order valence-corrected chi connectivity index (χ4v) is 2.59. The molecule has 0 unspecified atom stereocenters. The van der Waals surface area contributed by atoms with Crippen molar-refractivity contribution in [2.24, 2.45) is 0 Å². The molecule has 0 radical (unpaired) electrons. The van der Waals surface area contributed by atoms with Crippen molar-refractivity contribution in [3.63, 3.8) is 0 Å². The van der Waals surface area contributed by atoms with E-state index in [4.69, 9.17) is 16.3 Å². The summed E-state index contributed by atoms with van der Waals surface area (Å²) in [6.07, 6.45) is -0.907. The smallest absolute Gasteiger partial charge is 0.338 e. The molecule has 0 aliphatic carbocycles. The van der Waals surface area contributed by atoms with E-state index in [9.17, 15) is 9.59 Å². The van der Waals surface area contributed by atoms with Crippen molar-refractivity contribution < 1.29 is 14.3 Å². The van der Waals surface area contributed by atoms with E-state index in [1.165, 1.54) is 0 Å². The first-order chi connectivity index (χ1) is 12.0. The Morgan fingerprint density at radius 2 is 1.84 bits per heavy atom. The molecule has 1 atom stereocenters. The molecule has 6 nitrogen and oxygen atoms in total. The van der Waals surface area contributed by atoms with E-state index in [2.05, 4.69) is 10.3 Å². The molecule has 0 aliphatic heterocycles. The van der Waals surface area contributed by atoms with E-state index >= 15 is 0 Å². The number of esters is 1. The number of Topliss-reactive ketones (excluding diaryl/α,β-unsaturated/α-hetero) is 1. The van der Waals surface area contributed by atoms with Gasteiger partial charge in [-0.05, 0) is 56.3 Å². The van der Waals surface area contributed by atoms with Gasteiger partial charge in [-0.15, -0.1) is 5.10 Å². The van der Waals surface area contributed by atoms with Crippen molar-refractivity contribution in [1.29, 1.82) is 0 Å². The minimum Gasteiger partial charge on any atom is -0.451 e. The maximum atomic E-state index is 12.3. The molecule has 1 aromatic heterocycles. The van der Waals surface area contributed by atoms with Gasteiger partial charge >= 0.3 is 5.97 Å². The third-order valence-electron chi connectivity index (χ3n) is 3.83. The number of ketones is 1. The van der Waals surface area contributed by atoms with Crippen molar-refractivity contribution in [2.75, 3.05) is 0 Å². The summed E-state index contributed by atoms with van der Waals surface area (Å²) in [6.45, 7) is 4.19. The van der Waals surface area contributed by atoms with Gasteiger partial charge in [0, 0.05) is 17.1 Å². The standard InChI is InChI=1S/C18H16ClN3O3/c1-3-22-16-9-6-13(10-15(16)20-21-22)18(24)25-11(2)17(23)12-4-7-14(19)8-5-12/h4-11H,3H2,1-2H3/t11-/m0/s1. The molecule has 2 aromatic carbocycles. The number of benzene rings is 2. The predicted molar refractivity (Wildman–Crippen MR) is 93.9 cm³/mol. The Kier molecular flexibility index (Phi) is 4.81. The first kappa shape index (κ1) is 17.1. The predicted octanol–water partition coefficient (Wildman–Crippen LogP) is 3.53. The van der Waals surface area contributed by atoms with Crippen LogP contribution in [0.25, 0.3) is 11.0 Å². The van der Waals surface area contributed by atoms with Gasteiger partial charge in [0.1, 0.15) is 5.52 Å². The third-order valence-corrected chi connectivity index (χ3v) is 4.08. The van der Waals surface area contributed by atoms with Crippen LogP contribution in [0.5, 0.6) is 0 Å². The Morgan fingerprint density at radius 3 is 2.52 bits per heavy atom. The van der Waals surface area contributed by atoms with E-state index < -0.39 is 12.1 Å². The highest BCUT2D eigenvalue weighted by molar-refractivity contribution is 6.30. The molecule has 0 saturated carbocycles. The van der Waals surface area contributed by atoms with Crippen molar-refractivity contribution in [1.82, 2.24) is 15.0 Å². The third kappa shape index (κ3) is 3.53. The molecule has 25 heavy (non-hydrogen) atoms. The van der Waals surface area contributed by atoms with Gasteiger partial charge in [-0.3, -0.25) is 4.79 Å². The normalized spacial score (nSPS) is 12.1. The van der Waals surface area contributed by atoms with Crippen LogP contribution < -0.4 is 0 Å². The van der Waals surface area contributed by atoms with E-state index in [0.717, 1.165) is 5.52 Å². The lowest BCUT2D eigenvalue weighted by molar-refractivity contribution is 0.0319. The van der Waals surface area contributed by atoms with Crippen LogP contribution >= 0.6 is 11.6 Å². The number of aryl methyl sites for hydroxylation is 1. The molecule has 0 amide bonds. The highest BCUT2D eigenvalue weighted by atomic mass is 35.5. The second-order valence-electron chi connectivity index (χ2n) is 5.53. The first-order valence-electron chi connectivity index (χ1n) is 7.83. The minimum atomic E-state index is -0.907. The van der Waals surface area contributed by atoms with Gasteiger partial charge in [0.25, 0.3) is 0 Å². The number of fused-ring (bicyclic) bond motifs is 1. The molecule has 1 heterocycles. The molecule has 0 aliphatic rings. The molecular weight excluding hydrogens is 342 g/mol. The minimum absolute atomic E-state index is 0.289. The number of carbonyl (C=O) groups excluding carboxylic acids is 2. The van der Waals surface area contributed by atoms with Gasteiger partial charge in [-0.2, -0.15) is 0 Å². The largest absolute Gasteiger partial charge is 0.451 e. The number of nitrogens with zero attached hydrogens (tertiary/aromatic N) is 3. The number of hydrogen-bond donors (Lipinski definition) is 0. The molecule has 0 N–H and O–H groups in total. The van der Waals surface area contributed by atoms with Crippen LogP contribution in [-0.4, -0.2) is 32.9 Å². The fourth-order valence-electron chi connectivity index (χ4n) is 2.46. The summed E-state index contributed by atoms with van der Waals surface area (Å²) < 4.78 is 7.02. The number of carbonyl (C=O) groups is 2. The van der Waals surface area contributed by atoms with Crippen LogP contribution in [0.15, 0.2) is 42.5 Å². The summed E-state index contributed by atoms with van der Waals surface area (Å²) in [7, 11) is 0. The Hall–Kier alpha value is -2.73. The van der Waals surface area contributed by atoms with Crippen molar-refractivity contribution in [3.8, 4) is 0 Å². The molecular formula is C18H16ClN3O3. The maximum absolute atomic E-state index is 12.3. The van der Waals surface area contributed by atoms with Gasteiger partial charge in [-0.1, -0.05) is 16.8 Å². The highest BCUT2D eigenvalue weighted by Gasteiger charge is 2.21. The van der Waals surface area contributed by atoms with Crippen LogP contribution in [0.2, 0.25) is 5.02 Å². The number of halogens is 1. The highest BCUT2D eigenvalue weighted by Crippen LogP contribution is 2.16. The summed E-state index contributed by atoms with van der Waals surface area (Å²) in [5.74, 6) is -0.870. The number of ether oxygens (including phenoxy) is 1. The first-order valence-corrected chi connectivity index (χ1v) is 8.21. The van der Waals surface area contributed by atoms with Crippen LogP contribution in [0.3, 0.4) is 0 Å². The number of hydrogen-bond acceptors (Lipinski definition) is 5. The fraction of sp³-hybridized carbons (Fsp3) is 0.222. The molecule has 0 bridgehead atoms. The Labute approximate surface area is 149 Å². The Morgan fingerprint density at radius 1 is 1.16 bits per heavy atom. The summed E-state index contributed by atoms with van der Waals surface area (Å²) in [4.78, 5) is 24.6. The molecule has 3 rings (SSSR count). The number of rotatable bonds is 5. The molecule has 0 spiro atoms. The molecule has 128 valence electrons. The van der Waals surface area contributed by atoms with Gasteiger partial charge < -0.3 is 4.74 Å². The molecule has 0 fully saturated rings. The van der Waals surface area contributed by atoms with E-state index in [0.29, 0.717) is 28.2 Å². The van der Waals surface area contributed by atoms with Crippen LogP contribution in [0.4, 0.5) is 0 Å². The van der Waals surface area contributed by atoms with Crippen LogP contribution in [-0.2, 0) is 11.3 Å². The quantitative estimate of drug-likeness (QED) is 0.516. The Bertz CT molecular complexity index is 934. The number of aromatic nitrogens is 3. The molecule has 0 saturated heterocycles. The zero-order valence-electron chi connectivity index (χ0n) is 13.8. The second-order valence-corrected chi connectivity index (χ2v) is 5.96. The van der Waals surface area contributed by atoms with Gasteiger partial charge in [0.05, 0.1) is 11.1 Å². The molecule has 7 heteroatoms. The lowest BCUT2D eigenvalue weighted by atomic mass is 10.1. The topological polar surface area (TPSA) is 74.1 Å². The van der Waals surface area contributed by atoms with Gasteiger partial charge in [0.2, 0.25) is 5.78 Å². The lowest BCUT2D eigenvalue weighted by Gasteiger charge is -2.12. The summed E-state index contributed by atoms with van der Waals surface area (Å²) in [5.41, 5.74) is 2.20. The van der Waals surface area contributed by atoms with Crippen LogP contribution in [0.1, 0.15) is 34.6 Å². The Balaban J connectivity index is 1.74. The van der Waals surface area contributed by atoms with Crippen molar-refractivity contribution in [3.05, 3.63) is 58.6 Å². The summed E-state index contributed by atoms with van der Waals surface area (Å²) >= 11 is 5.81. The average Bonchev–Trinajstić information content (AvgIpc) is 3.03. The zero-order valence-corrected chi connectivity index (χ0v) is 14.5. The second kappa shape index (κ2) is 7.03.